The van der Waals surface area contributed by atoms with E-state index >= 15 is 0 Å². The third-order valence-electron chi connectivity index (χ3n) is 2.93. The van der Waals surface area contributed by atoms with Gasteiger partial charge in [-0.2, -0.15) is 0 Å². The number of amides is 2. The SMILES string of the molecule is CO[C@H](CNC(=O)Nc1ccccc1F)c1ccc(C)s1. The van der Waals surface area contributed by atoms with E-state index in [1.165, 1.54) is 17.0 Å². The van der Waals surface area contributed by atoms with Gasteiger partial charge in [0.1, 0.15) is 11.9 Å². The number of methoxy groups -OCH3 is 1. The van der Waals surface area contributed by atoms with Gasteiger partial charge in [-0.05, 0) is 31.2 Å². The molecule has 4 nitrogen and oxygen atoms in total. The summed E-state index contributed by atoms with van der Waals surface area (Å²) in [4.78, 5) is 14.0. The van der Waals surface area contributed by atoms with Crippen LogP contribution in [0.5, 0.6) is 0 Å². The highest BCUT2D eigenvalue weighted by Gasteiger charge is 2.14. The minimum absolute atomic E-state index is 0.149. The number of thiophene rings is 1. The lowest BCUT2D eigenvalue weighted by molar-refractivity contribution is 0.107. The molecule has 6 heteroatoms. The zero-order valence-corrected chi connectivity index (χ0v) is 12.7. The molecule has 112 valence electrons. The van der Waals surface area contributed by atoms with Crippen LogP contribution in [-0.4, -0.2) is 19.7 Å². The van der Waals surface area contributed by atoms with E-state index in [-0.39, 0.29) is 11.8 Å². The predicted molar refractivity (Wildman–Crippen MR) is 82.2 cm³/mol. The van der Waals surface area contributed by atoms with Crippen molar-refractivity contribution < 1.29 is 13.9 Å². The van der Waals surface area contributed by atoms with Gasteiger partial charge in [0.2, 0.25) is 0 Å². The van der Waals surface area contributed by atoms with Gasteiger partial charge in [0.05, 0.1) is 12.2 Å². The number of anilines is 1. The van der Waals surface area contributed by atoms with Gasteiger partial charge in [-0.25, -0.2) is 9.18 Å². The monoisotopic (exact) mass is 308 g/mol. The second kappa shape index (κ2) is 7.19. The number of carbonyl (C=O) groups excluding carboxylic acids is 1. The molecule has 0 saturated carbocycles. The second-order valence-corrected chi connectivity index (χ2v) is 5.81. The molecule has 0 fully saturated rings. The molecule has 0 aliphatic carbocycles. The van der Waals surface area contributed by atoms with Crippen molar-refractivity contribution in [1.82, 2.24) is 5.32 Å². The summed E-state index contributed by atoms with van der Waals surface area (Å²) in [5.41, 5.74) is 0.149. The Morgan fingerprint density at radius 1 is 1.33 bits per heavy atom. The number of carbonyl (C=O) groups is 1. The number of para-hydroxylation sites is 1. The highest BCUT2D eigenvalue weighted by atomic mass is 32.1. The molecule has 2 aromatic rings. The topological polar surface area (TPSA) is 50.4 Å². The van der Waals surface area contributed by atoms with Gasteiger partial charge >= 0.3 is 6.03 Å². The smallest absolute Gasteiger partial charge is 0.319 e. The molecule has 0 aliphatic rings. The maximum absolute atomic E-state index is 13.4. The van der Waals surface area contributed by atoms with Crippen molar-refractivity contribution >= 4 is 23.1 Å². The first kappa shape index (κ1) is 15.5. The molecule has 1 aromatic heterocycles. The molecule has 0 radical (unpaired) electrons. The lowest BCUT2D eigenvalue weighted by atomic mass is 10.3. The fourth-order valence-corrected chi connectivity index (χ4v) is 2.80. The van der Waals surface area contributed by atoms with E-state index in [9.17, 15) is 9.18 Å². The van der Waals surface area contributed by atoms with Crippen LogP contribution in [0.25, 0.3) is 0 Å². The molecule has 0 spiro atoms. The van der Waals surface area contributed by atoms with Gasteiger partial charge in [-0.15, -0.1) is 11.3 Å². The molecule has 1 heterocycles. The molecular weight excluding hydrogens is 291 g/mol. The van der Waals surface area contributed by atoms with E-state index in [2.05, 4.69) is 10.6 Å². The van der Waals surface area contributed by atoms with Crippen molar-refractivity contribution in [2.24, 2.45) is 0 Å². The summed E-state index contributed by atoms with van der Waals surface area (Å²) < 4.78 is 18.8. The summed E-state index contributed by atoms with van der Waals surface area (Å²) in [6.45, 7) is 2.33. The normalized spacial score (nSPS) is 12.0. The summed E-state index contributed by atoms with van der Waals surface area (Å²) >= 11 is 1.62. The Morgan fingerprint density at radius 2 is 2.10 bits per heavy atom. The van der Waals surface area contributed by atoms with Gasteiger partial charge in [0, 0.05) is 16.9 Å². The van der Waals surface area contributed by atoms with E-state index < -0.39 is 11.8 Å². The van der Waals surface area contributed by atoms with Crippen LogP contribution in [-0.2, 0) is 4.74 Å². The van der Waals surface area contributed by atoms with Gasteiger partial charge < -0.3 is 15.4 Å². The van der Waals surface area contributed by atoms with Crippen LogP contribution in [0.4, 0.5) is 14.9 Å². The standard InChI is InChI=1S/C15H17FN2O2S/c1-10-7-8-14(21-10)13(20-2)9-17-15(19)18-12-6-4-3-5-11(12)16/h3-8,13H,9H2,1-2H3,(H2,17,18,19)/t13-/m1/s1. The Balaban J connectivity index is 1.89. The van der Waals surface area contributed by atoms with Crippen LogP contribution in [0, 0.1) is 12.7 Å². The van der Waals surface area contributed by atoms with Gasteiger partial charge in [-0.3, -0.25) is 0 Å². The molecule has 0 aliphatic heterocycles. The number of nitrogens with one attached hydrogen (secondary N) is 2. The van der Waals surface area contributed by atoms with Crippen LogP contribution >= 0.6 is 11.3 Å². The van der Waals surface area contributed by atoms with Crippen molar-refractivity contribution in [3.8, 4) is 0 Å². The molecule has 2 rings (SSSR count). The fourth-order valence-electron chi connectivity index (χ4n) is 1.84. The Morgan fingerprint density at radius 3 is 2.71 bits per heavy atom. The van der Waals surface area contributed by atoms with Crippen LogP contribution < -0.4 is 10.6 Å². The van der Waals surface area contributed by atoms with Gasteiger partial charge in [-0.1, -0.05) is 12.1 Å². The summed E-state index contributed by atoms with van der Waals surface area (Å²) in [6.07, 6.45) is -0.213. The summed E-state index contributed by atoms with van der Waals surface area (Å²) in [7, 11) is 1.59. The molecule has 21 heavy (non-hydrogen) atoms. The highest BCUT2D eigenvalue weighted by Crippen LogP contribution is 2.24. The summed E-state index contributed by atoms with van der Waals surface area (Å²) in [5.74, 6) is -0.468. The Labute approximate surface area is 126 Å². The van der Waals surface area contributed by atoms with Gasteiger partial charge in [0.25, 0.3) is 0 Å². The van der Waals surface area contributed by atoms with E-state index in [4.69, 9.17) is 4.74 Å². The number of halogens is 1. The molecule has 0 saturated heterocycles. The van der Waals surface area contributed by atoms with Crippen molar-refractivity contribution in [3.05, 3.63) is 52.0 Å². The predicted octanol–water partition coefficient (Wildman–Crippen LogP) is 3.70. The number of hydrogen-bond donors (Lipinski definition) is 2. The lowest BCUT2D eigenvalue weighted by Crippen LogP contribution is -2.33. The number of aryl methyl sites for hydroxylation is 1. The fraction of sp³-hybridized carbons (Fsp3) is 0.267. The van der Waals surface area contributed by atoms with Gasteiger partial charge in [0.15, 0.2) is 0 Å². The number of hydrogen-bond acceptors (Lipinski definition) is 3. The number of benzene rings is 1. The largest absolute Gasteiger partial charge is 0.374 e. The first-order chi connectivity index (χ1) is 10.1. The van der Waals surface area contributed by atoms with Crippen LogP contribution in [0.3, 0.4) is 0 Å². The number of rotatable bonds is 5. The van der Waals surface area contributed by atoms with E-state index in [1.807, 2.05) is 19.1 Å². The van der Waals surface area contributed by atoms with Crippen molar-refractivity contribution in [3.63, 3.8) is 0 Å². The Kier molecular flexibility index (Phi) is 5.30. The lowest BCUT2D eigenvalue weighted by Gasteiger charge is -2.15. The minimum Gasteiger partial charge on any atom is -0.374 e. The zero-order valence-electron chi connectivity index (χ0n) is 11.9. The molecule has 1 aromatic carbocycles. The van der Waals surface area contributed by atoms with E-state index in [1.54, 1.807) is 30.6 Å². The zero-order chi connectivity index (χ0) is 15.2. The van der Waals surface area contributed by atoms with E-state index in [0.717, 1.165) is 4.88 Å². The minimum atomic E-state index is -0.468. The molecular formula is C15H17FN2O2S. The van der Waals surface area contributed by atoms with E-state index in [0.29, 0.717) is 6.54 Å². The van der Waals surface area contributed by atoms with Crippen molar-refractivity contribution in [2.75, 3.05) is 19.0 Å². The quantitative estimate of drug-likeness (QED) is 0.885. The first-order valence-electron chi connectivity index (χ1n) is 6.48. The molecule has 0 unspecified atom stereocenters. The summed E-state index contributed by atoms with van der Waals surface area (Å²) in [6, 6.07) is 9.54. The third-order valence-corrected chi connectivity index (χ3v) is 4.03. The summed E-state index contributed by atoms with van der Waals surface area (Å²) in [5, 5.41) is 5.15. The second-order valence-electron chi connectivity index (χ2n) is 4.49. The molecule has 1 atom stereocenters. The van der Waals surface area contributed by atoms with Crippen LogP contribution in [0.2, 0.25) is 0 Å². The Bertz CT molecular complexity index is 615. The van der Waals surface area contributed by atoms with Crippen LogP contribution in [0.1, 0.15) is 15.9 Å². The highest BCUT2D eigenvalue weighted by molar-refractivity contribution is 7.12. The molecule has 0 bridgehead atoms. The number of ether oxygens (including phenoxy) is 1. The maximum atomic E-state index is 13.4. The van der Waals surface area contributed by atoms with Crippen LogP contribution in [0.15, 0.2) is 36.4 Å². The molecule has 2 N–H and O–H groups in total. The Hall–Kier alpha value is -1.92. The number of urea groups is 1. The first-order valence-corrected chi connectivity index (χ1v) is 7.30. The average molecular weight is 308 g/mol. The molecule has 2 amide bonds. The third kappa shape index (κ3) is 4.27. The average Bonchev–Trinajstić information content (AvgIpc) is 2.89. The van der Waals surface area contributed by atoms with Crippen molar-refractivity contribution in [1.29, 1.82) is 0 Å². The maximum Gasteiger partial charge on any atom is 0.319 e. The van der Waals surface area contributed by atoms with Crippen molar-refractivity contribution in [2.45, 2.75) is 13.0 Å².